The average molecular weight is 357 g/mol. The number of likely N-dealkylation sites (tertiary alicyclic amines) is 1. The Morgan fingerprint density at radius 2 is 2.28 bits per heavy atom. The number of aromatic nitrogens is 1. The monoisotopic (exact) mass is 357 g/mol. The number of carbonyl (C=O) groups excluding carboxylic acids is 1. The summed E-state index contributed by atoms with van der Waals surface area (Å²) in [6.45, 7) is 2.53. The molecule has 0 aromatic carbocycles. The molecule has 2 aromatic rings. The maximum atomic E-state index is 12.4. The van der Waals surface area contributed by atoms with E-state index in [9.17, 15) is 4.79 Å². The summed E-state index contributed by atoms with van der Waals surface area (Å²) in [5.41, 5.74) is 1.24. The molecule has 0 unspecified atom stereocenters. The van der Waals surface area contributed by atoms with Crippen molar-refractivity contribution in [2.75, 3.05) is 6.54 Å². The van der Waals surface area contributed by atoms with E-state index >= 15 is 0 Å². The number of hydrogen-bond acceptors (Lipinski definition) is 5. The zero-order valence-electron chi connectivity index (χ0n) is 14.1. The highest BCUT2D eigenvalue weighted by Gasteiger charge is 2.41. The van der Waals surface area contributed by atoms with Gasteiger partial charge in [0.1, 0.15) is 6.10 Å². The molecular formula is C19H23N3O2S. The Hall–Kier alpha value is -1.76. The number of nitrogens with zero attached hydrogens (tertiary/aromatic N) is 2. The van der Waals surface area contributed by atoms with E-state index in [1.807, 2.05) is 29.8 Å². The van der Waals surface area contributed by atoms with Crippen LogP contribution >= 0.6 is 11.3 Å². The van der Waals surface area contributed by atoms with E-state index in [-0.39, 0.29) is 18.1 Å². The van der Waals surface area contributed by atoms with Crippen molar-refractivity contribution in [1.29, 1.82) is 0 Å². The fourth-order valence-electron chi connectivity index (χ4n) is 3.83. The molecule has 132 valence electrons. The van der Waals surface area contributed by atoms with Crippen LogP contribution in [0.3, 0.4) is 0 Å². The average Bonchev–Trinajstić information content (AvgIpc) is 3.30. The van der Waals surface area contributed by atoms with Crippen molar-refractivity contribution in [1.82, 2.24) is 15.2 Å². The Morgan fingerprint density at radius 1 is 1.32 bits per heavy atom. The van der Waals surface area contributed by atoms with Crippen LogP contribution in [0, 0.1) is 0 Å². The molecule has 0 saturated carbocycles. The number of thiophene rings is 1. The smallest absolute Gasteiger partial charge is 0.249 e. The summed E-state index contributed by atoms with van der Waals surface area (Å²) >= 11 is 1.66. The van der Waals surface area contributed by atoms with Crippen LogP contribution in [-0.4, -0.2) is 40.6 Å². The summed E-state index contributed by atoms with van der Waals surface area (Å²) in [6.07, 6.45) is 6.40. The fraction of sp³-hybridized carbons (Fsp3) is 0.474. The van der Waals surface area contributed by atoms with Crippen LogP contribution in [0.4, 0.5) is 0 Å². The summed E-state index contributed by atoms with van der Waals surface area (Å²) in [5, 5.41) is 5.04. The first-order valence-electron chi connectivity index (χ1n) is 8.88. The maximum absolute atomic E-state index is 12.4. The number of amides is 1. The third kappa shape index (κ3) is 3.92. The molecule has 4 heterocycles. The van der Waals surface area contributed by atoms with E-state index in [1.54, 1.807) is 17.5 Å². The van der Waals surface area contributed by atoms with Gasteiger partial charge in [-0.1, -0.05) is 12.1 Å². The highest BCUT2D eigenvalue weighted by Crippen LogP contribution is 2.32. The minimum absolute atomic E-state index is 0.0255. The van der Waals surface area contributed by atoms with Gasteiger partial charge < -0.3 is 10.1 Å². The molecule has 2 aliphatic rings. The first kappa shape index (κ1) is 16.7. The number of rotatable bonds is 5. The molecule has 1 amide bonds. The molecule has 2 saturated heterocycles. The number of nitrogens with one attached hydrogen (secondary N) is 1. The minimum Gasteiger partial charge on any atom is -0.363 e. The maximum Gasteiger partial charge on any atom is 0.249 e. The molecule has 0 spiro atoms. The lowest BCUT2D eigenvalue weighted by molar-refractivity contribution is -0.144. The zero-order valence-corrected chi connectivity index (χ0v) is 15.0. The lowest BCUT2D eigenvalue weighted by atomic mass is 9.98. The molecule has 0 bridgehead atoms. The van der Waals surface area contributed by atoms with E-state index < -0.39 is 0 Å². The van der Waals surface area contributed by atoms with Gasteiger partial charge >= 0.3 is 0 Å². The van der Waals surface area contributed by atoms with Crippen LogP contribution in [-0.2, 0) is 22.6 Å². The van der Waals surface area contributed by atoms with E-state index in [4.69, 9.17) is 4.74 Å². The third-order valence-electron chi connectivity index (χ3n) is 5.08. The van der Waals surface area contributed by atoms with E-state index in [2.05, 4.69) is 21.3 Å². The molecule has 2 fully saturated rings. The summed E-state index contributed by atoms with van der Waals surface area (Å²) in [4.78, 5) is 20.2. The van der Waals surface area contributed by atoms with Crippen LogP contribution in [0.2, 0.25) is 0 Å². The molecule has 0 radical (unpaired) electrons. The Balaban J connectivity index is 1.30. The fourth-order valence-corrected chi connectivity index (χ4v) is 4.48. The van der Waals surface area contributed by atoms with Gasteiger partial charge in [0.2, 0.25) is 5.91 Å². The molecular weight excluding hydrogens is 334 g/mol. The van der Waals surface area contributed by atoms with Gasteiger partial charge in [-0.25, -0.2) is 0 Å². The number of pyridine rings is 1. The summed E-state index contributed by atoms with van der Waals surface area (Å²) in [6, 6.07) is 8.56. The van der Waals surface area contributed by atoms with Crippen LogP contribution < -0.4 is 5.32 Å². The van der Waals surface area contributed by atoms with E-state index in [0.29, 0.717) is 12.6 Å². The minimum atomic E-state index is -0.306. The Morgan fingerprint density at radius 3 is 3.08 bits per heavy atom. The SMILES string of the molecule is O=C(NCc1cccs1)[C@@H]1CC[C@@H]2[C@@H](CCN2Cc2cccnc2)O1. The molecule has 2 aromatic heterocycles. The summed E-state index contributed by atoms with van der Waals surface area (Å²) in [5.74, 6) is 0.0255. The predicted octanol–water partition coefficient (Wildman–Crippen LogP) is 2.58. The van der Waals surface area contributed by atoms with Gasteiger partial charge in [-0.05, 0) is 42.3 Å². The molecule has 1 N–H and O–H groups in total. The van der Waals surface area contributed by atoms with Crippen LogP contribution in [0.1, 0.15) is 29.7 Å². The van der Waals surface area contributed by atoms with Gasteiger partial charge in [-0.2, -0.15) is 0 Å². The normalized spacial score (nSPS) is 26.3. The lowest BCUT2D eigenvalue weighted by Crippen LogP contribution is -2.47. The highest BCUT2D eigenvalue weighted by molar-refractivity contribution is 7.09. The Kier molecular flexibility index (Phi) is 5.10. The zero-order chi connectivity index (χ0) is 17.1. The van der Waals surface area contributed by atoms with Crippen molar-refractivity contribution >= 4 is 17.2 Å². The van der Waals surface area contributed by atoms with Crippen LogP contribution in [0.25, 0.3) is 0 Å². The van der Waals surface area contributed by atoms with Gasteiger partial charge in [0, 0.05) is 36.4 Å². The predicted molar refractivity (Wildman–Crippen MR) is 97.1 cm³/mol. The molecule has 4 rings (SSSR count). The van der Waals surface area contributed by atoms with Crippen molar-refractivity contribution in [2.45, 2.75) is 50.6 Å². The van der Waals surface area contributed by atoms with Gasteiger partial charge in [-0.3, -0.25) is 14.7 Å². The molecule has 2 aliphatic heterocycles. The molecule has 25 heavy (non-hydrogen) atoms. The van der Waals surface area contributed by atoms with Crippen LogP contribution in [0.5, 0.6) is 0 Å². The van der Waals surface area contributed by atoms with Crippen molar-refractivity contribution in [3.8, 4) is 0 Å². The van der Waals surface area contributed by atoms with Crippen LogP contribution in [0.15, 0.2) is 42.0 Å². The topological polar surface area (TPSA) is 54.5 Å². The van der Waals surface area contributed by atoms with E-state index in [0.717, 1.165) is 32.4 Å². The highest BCUT2D eigenvalue weighted by atomic mass is 32.1. The summed E-state index contributed by atoms with van der Waals surface area (Å²) < 4.78 is 6.14. The number of fused-ring (bicyclic) bond motifs is 1. The number of carbonyl (C=O) groups is 1. The number of hydrogen-bond donors (Lipinski definition) is 1. The molecule has 3 atom stereocenters. The molecule has 0 aliphatic carbocycles. The third-order valence-corrected chi connectivity index (χ3v) is 5.96. The second-order valence-electron chi connectivity index (χ2n) is 6.73. The van der Waals surface area contributed by atoms with Crippen molar-refractivity contribution < 1.29 is 9.53 Å². The lowest BCUT2D eigenvalue weighted by Gasteiger charge is -2.35. The molecule has 6 heteroatoms. The van der Waals surface area contributed by atoms with Crippen molar-refractivity contribution in [2.24, 2.45) is 0 Å². The van der Waals surface area contributed by atoms with Gasteiger partial charge in [-0.15, -0.1) is 11.3 Å². The first-order chi connectivity index (χ1) is 12.3. The largest absolute Gasteiger partial charge is 0.363 e. The Bertz CT molecular complexity index is 692. The van der Waals surface area contributed by atoms with E-state index in [1.165, 1.54) is 10.4 Å². The summed E-state index contributed by atoms with van der Waals surface area (Å²) in [7, 11) is 0. The van der Waals surface area contributed by atoms with Gasteiger partial charge in [0.25, 0.3) is 0 Å². The second-order valence-corrected chi connectivity index (χ2v) is 7.76. The van der Waals surface area contributed by atoms with Gasteiger partial charge in [0.15, 0.2) is 0 Å². The van der Waals surface area contributed by atoms with Crippen molar-refractivity contribution in [3.63, 3.8) is 0 Å². The first-order valence-corrected chi connectivity index (χ1v) is 9.76. The Labute approximate surface area is 152 Å². The number of ether oxygens (including phenoxy) is 1. The molecule has 5 nitrogen and oxygen atoms in total. The van der Waals surface area contributed by atoms with Crippen molar-refractivity contribution in [3.05, 3.63) is 52.5 Å². The second kappa shape index (κ2) is 7.64. The van der Waals surface area contributed by atoms with Gasteiger partial charge in [0.05, 0.1) is 12.6 Å². The quantitative estimate of drug-likeness (QED) is 0.894. The standard InChI is InChI=1S/C19H23N3O2S/c23-19(21-12-15-4-2-10-25-15)18-6-5-16-17(24-18)7-9-22(16)13-14-3-1-8-20-11-14/h1-4,8,10-11,16-18H,5-7,9,12-13H2,(H,21,23)/t16-,17-,18+/m1/s1.